The number of hydrogen-bond donors (Lipinski definition) is 6. The molecule has 0 fully saturated rings. The van der Waals surface area contributed by atoms with Crippen LogP contribution in [0.2, 0.25) is 0 Å². The molecule has 0 unspecified atom stereocenters. The Balaban J connectivity index is -0.00000731. The predicted molar refractivity (Wildman–Crippen MR) is 237 cm³/mol. The van der Waals surface area contributed by atoms with Crippen LogP contribution in [-0.4, -0.2) is 102 Å². The van der Waals surface area contributed by atoms with Gasteiger partial charge in [0, 0.05) is 47.1 Å². The Hall–Kier alpha value is -3.35. The molecule has 0 bridgehead atoms. The summed E-state index contributed by atoms with van der Waals surface area (Å²) in [5.41, 5.74) is -3.42. The van der Waals surface area contributed by atoms with Gasteiger partial charge in [-0.2, -0.15) is 0 Å². The van der Waals surface area contributed by atoms with Crippen LogP contribution in [0.3, 0.4) is 0 Å². The molecule has 6 N–H and O–H groups in total. The molecule has 0 radical (unpaired) electrons. The number of ether oxygens (including phenoxy) is 3. The van der Waals surface area contributed by atoms with Crippen LogP contribution in [0.1, 0.15) is 163 Å². The zero-order valence-electron chi connectivity index (χ0n) is 40.1. The van der Waals surface area contributed by atoms with Gasteiger partial charge in [-0.3, -0.25) is 14.4 Å². The maximum Gasteiger partial charge on any atom is 0.407 e. The van der Waals surface area contributed by atoms with Crippen LogP contribution in [-0.2, 0) is 23.8 Å². The minimum absolute atomic E-state index is 0.0157. The first kappa shape index (κ1) is 59.0. The zero-order chi connectivity index (χ0) is 46.3. The van der Waals surface area contributed by atoms with Gasteiger partial charge in [0.2, 0.25) is 17.5 Å². The van der Waals surface area contributed by atoms with E-state index in [1.54, 1.807) is 0 Å². The van der Waals surface area contributed by atoms with Crippen molar-refractivity contribution in [1.29, 1.82) is 0 Å². The third-order valence-corrected chi connectivity index (χ3v) is 9.60. The third-order valence-electron chi connectivity index (χ3n) is 8.68. The fraction of sp³-hybridized carbons (Fsp3) is 0.857. The molecule has 16 heteroatoms. The highest BCUT2D eigenvalue weighted by atomic mass is 31.1. The lowest BCUT2D eigenvalue weighted by Gasteiger charge is -2.33. The zero-order valence-corrected chi connectivity index (χ0v) is 41.0. The van der Waals surface area contributed by atoms with Gasteiger partial charge < -0.3 is 46.1 Å². The van der Waals surface area contributed by atoms with Gasteiger partial charge in [-0.05, 0) is 143 Å². The Morgan fingerprint density at radius 3 is 0.828 bits per heavy atom. The van der Waals surface area contributed by atoms with E-state index in [2.05, 4.69) is 31.9 Å². The number of amides is 6. The van der Waals surface area contributed by atoms with Gasteiger partial charge in [0.25, 0.3) is 0 Å². The summed E-state index contributed by atoms with van der Waals surface area (Å²) < 4.78 is 16.6. The van der Waals surface area contributed by atoms with E-state index >= 15 is 0 Å². The molecule has 58 heavy (non-hydrogen) atoms. The van der Waals surface area contributed by atoms with Crippen molar-refractivity contribution in [1.82, 2.24) is 31.9 Å². The van der Waals surface area contributed by atoms with Gasteiger partial charge in [0.05, 0.1) is 5.92 Å². The van der Waals surface area contributed by atoms with Crippen LogP contribution in [0.4, 0.5) is 19.2 Å². The standard InChI is InChI=1S/C38H73N6O9P.2C2H6/c1-26(45)39-33(3,4)17-19-35(7,8)41-29(47)51-23-28(24-52-30(48)42-36(9,10)20-18-34(5,6)40-27(2)46)25-53-31(49)43-37(11,12)21-22-38(13,14)44-32(50)54(15)16;2*1-2/h28H,17-25H2,1-16H3,(H,39,45)(H,40,46)(H,41,47)(H,42,48)(H,43,49)(H,44,50);2*1-2H3. The molecule has 0 saturated heterocycles. The average molecular weight is 849 g/mol. The van der Waals surface area contributed by atoms with Crippen LogP contribution in [0, 0.1) is 5.92 Å². The van der Waals surface area contributed by atoms with E-state index in [1.165, 1.54) is 13.8 Å². The molecule has 342 valence electrons. The summed E-state index contributed by atoms with van der Waals surface area (Å²) >= 11 is 0. The van der Waals surface area contributed by atoms with Gasteiger partial charge in [-0.25, -0.2) is 14.4 Å². The van der Waals surface area contributed by atoms with Crippen molar-refractivity contribution < 1.29 is 43.0 Å². The molecule has 0 rings (SSSR count). The maximum atomic E-state index is 13.0. The molecule has 0 aliphatic rings. The summed E-state index contributed by atoms with van der Waals surface area (Å²) in [7, 11) is -0.773. The van der Waals surface area contributed by atoms with Gasteiger partial charge >= 0.3 is 18.3 Å². The van der Waals surface area contributed by atoms with Crippen molar-refractivity contribution in [3.05, 3.63) is 0 Å². The summed E-state index contributed by atoms with van der Waals surface area (Å²) in [6, 6.07) is 0. The second-order valence-electron chi connectivity index (χ2n) is 18.5. The van der Waals surface area contributed by atoms with Crippen molar-refractivity contribution in [3.63, 3.8) is 0 Å². The molecular weight excluding hydrogens is 763 g/mol. The first-order chi connectivity index (χ1) is 26.2. The maximum absolute atomic E-state index is 13.0. The summed E-state index contributed by atoms with van der Waals surface area (Å²) in [6.07, 6.45) is 1.33. The molecule has 0 aliphatic carbocycles. The molecule has 0 aromatic rings. The number of nitrogens with one attached hydrogen (secondary N) is 6. The van der Waals surface area contributed by atoms with E-state index in [-0.39, 0.29) is 37.3 Å². The van der Waals surface area contributed by atoms with Crippen LogP contribution in [0.25, 0.3) is 0 Å². The van der Waals surface area contributed by atoms with Crippen molar-refractivity contribution in [3.8, 4) is 0 Å². The molecule has 0 heterocycles. The molecule has 0 aliphatic heterocycles. The fourth-order valence-corrected chi connectivity index (χ4v) is 5.79. The minimum Gasteiger partial charge on any atom is -0.449 e. The summed E-state index contributed by atoms with van der Waals surface area (Å²) in [5, 5.41) is 17.4. The molecule has 0 saturated carbocycles. The van der Waals surface area contributed by atoms with Gasteiger partial charge in [-0.1, -0.05) is 27.7 Å². The minimum atomic E-state index is -0.773. The highest BCUT2D eigenvalue weighted by Gasteiger charge is 2.31. The smallest absolute Gasteiger partial charge is 0.407 e. The first-order valence-corrected chi connectivity index (χ1v) is 22.9. The average Bonchev–Trinajstić information content (AvgIpc) is 3.05. The molecular formula is C42H85N6O9P. The van der Waals surface area contributed by atoms with Gasteiger partial charge in [0.15, 0.2) is 0 Å². The van der Waals surface area contributed by atoms with Crippen molar-refractivity contribution in [2.45, 2.75) is 196 Å². The summed E-state index contributed by atoms with van der Waals surface area (Å²) in [5.74, 6) is -0.985. The second-order valence-corrected chi connectivity index (χ2v) is 20.7. The lowest BCUT2D eigenvalue weighted by molar-refractivity contribution is -0.121. The lowest BCUT2D eigenvalue weighted by atomic mass is 9.89. The van der Waals surface area contributed by atoms with Gasteiger partial charge in [0.1, 0.15) is 19.8 Å². The number of carbonyl (C=O) groups excluding carboxylic acids is 6. The Bertz CT molecular complexity index is 1220. The van der Waals surface area contributed by atoms with E-state index in [1.807, 2.05) is 124 Å². The normalized spacial score (nSPS) is 12.1. The molecule has 15 nitrogen and oxygen atoms in total. The van der Waals surface area contributed by atoms with Crippen LogP contribution in [0.5, 0.6) is 0 Å². The monoisotopic (exact) mass is 849 g/mol. The van der Waals surface area contributed by atoms with E-state index < -0.39 is 65.4 Å². The number of rotatable bonds is 22. The van der Waals surface area contributed by atoms with Crippen LogP contribution in [0.15, 0.2) is 0 Å². The highest BCUT2D eigenvalue weighted by Crippen LogP contribution is 2.28. The van der Waals surface area contributed by atoms with Crippen molar-refractivity contribution >= 4 is 43.7 Å². The van der Waals surface area contributed by atoms with E-state index in [4.69, 9.17) is 14.2 Å². The van der Waals surface area contributed by atoms with Crippen molar-refractivity contribution in [2.75, 3.05) is 33.2 Å². The Kier molecular flexibility index (Phi) is 27.1. The van der Waals surface area contributed by atoms with Crippen LogP contribution >= 0.6 is 7.92 Å². The Morgan fingerprint density at radius 1 is 0.414 bits per heavy atom. The molecule has 0 aromatic carbocycles. The number of alkyl carbamates (subject to hydrolysis) is 3. The molecule has 6 amide bonds. The van der Waals surface area contributed by atoms with E-state index in [9.17, 15) is 28.8 Å². The van der Waals surface area contributed by atoms with E-state index in [0.29, 0.717) is 38.5 Å². The summed E-state index contributed by atoms with van der Waals surface area (Å²) in [4.78, 5) is 74.1. The third kappa shape index (κ3) is 31.6. The molecule has 0 atom stereocenters. The largest absolute Gasteiger partial charge is 0.449 e. The Labute approximate surface area is 353 Å². The Morgan fingerprint density at radius 2 is 0.621 bits per heavy atom. The highest BCUT2D eigenvalue weighted by molar-refractivity contribution is 7.73. The first-order valence-electron chi connectivity index (χ1n) is 20.7. The fourth-order valence-electron chi connectivity index (χ4n) is 5.27. The number of carbonyl (C=O) groups is 6. The topological polar surface area (TPSA) is 202 Å². The van der Waals surface area contributed by atoms with E-state index in [0.717, 1.165) is 0 Å². The quantitative estimate of drug-likeness (QED) is 0.0456. The summed E-state index contributed by atoms with van der Waals surface area (Å²) in [6.45, 7) is 36.6. The molecule has 0 aromatic heterocycles. The molecule has 0 spiro atoms. The van der Waals surface area contributed by atoms with Gasteiger partial charge in [-0.15, -0.1) is 0 Å². The number of hydrogen-bond acceptors (Lipinski definition) is 9. The predicted octanol–water partition coefficient (Wildman–Crippen LogP) is 8.57. The van der Waals surface area contributed by atoms with Crippen LogP contribution < -0.4 is 31.9 Å². The SMILES string of the molecule is CC.CC.CC(=O)NC(C)(C)CCC(C)(C)NC(=O)OCC(COC(=O)NC(C)(C)CCC(C)(C)NC(C)=O)COC(=O)NC(C)(C)CCC(C)(C)NC(=O)P(C)C. The second kappa shape index (κ2) is 26.7. The lowest BCUT2D eigenvalue weighted by Crippen LogP contribution is -2.49. The van der Waals surface area contributed by atoms with Crippen molar-refractivity contribution in [2.24, 2.45) is 5.92 Å².